The number of methoxy groups -OCH3 is 1. The van der Waals surface area contributed by atoms with E-state index in [9.17, 15) is 5.26 Å². The molecule has 0 aliphatic rings. The zero-order chi connectivity index (χ0) is 16.1. The third-order valence-electron chi connectivity index (χ3n) is 3.59. The van der Waals surface area contributed by atoms with Crippen LogP contribution in [0.2, 0.25) is 0 Å². The van der Waals surface area contributed by atoms with Crippen molar-refractivity contribution in [2.45, 2.75) is 0 Å². The van der Waals surface area contributed by atoms with Gasteiger partial charge in [0.05, 0.1) is 12.7 Å². The number of hydrogen-bond acceptors (Lipinski definition) is 2. The van der Waals surface area contributed by atoms with Gasteiger partial charge in [-0.15, -0.1) is 0 Å². The summed E-state index contributed by atoms with van der Waals surface area (Å²) in [5, 5.41) is 13.1. The number of ether oxygens (including phenoxy) is 1. The Morgan fingerprint density at radius 2 is 1.35 bits per heavy atom. The van der Waals surface area contributed by atoms with E-state index in [1.54, 1.807) is 7.11 Å². The van der Waals surface area contributed by atoms with Crippen molar-refractivity contribution in [3.63, 3.8) is 0 Å². The Morgan fingerprint density at radius 1 is 0.783 bits per heavy atom. The van der Waals surface area contributed by atoms with Crippen molar-refractivity contribution in [1.82, 2.24) is 0 Å². The van der Waals surface area contributed by atoms with E-state index in [0.29, 0.717) is 11.3 Å². The van der Waals surface area contributed by atoms with Gasteiger partial charge in [0.2, 0.25) is 0 Å². The van der Waals surface area contributed by atoms with E-state index in [1.807, 2.05) is 24.3 Å². The second-order valence-corrected chi connectivity index (χ2v) is 7.22. The third-order valence-corrected chi connectivity index (χ3v) is 6.01. The van der Waals surface area contributed by atoms with Gasteiger partial charge in [0.1, 0.15) is 11.8 Å². The van der Waals surface area contributed by atoms with Gasteiger partial charge in [0.25, 0.3) is 0 Å². The number of nitriles is 1. The molecule has 0 spiro atoms. The number of hydrogen-bond donors (Lipinski definition) is 0. The Balaban J connectivity index is 2.15. The van der Waals surface area contributed by atoms with Gasteiger partial charge >= 0.3 is 0 Å². The maximum atomic E-state index is 9.37. The van der Waals surface area contributed by atoms with Crippen LogP contribution in [-0.4, -0.2) is 7.11 Å². The van der Waals surface area contributed by atoms with Gasteiger partial charge in [0.15, 0.2) is 0 Å². The lowest BCUT2D eigenvalue weighted by Crippen LogP contribution is -2.20. The summed E-state index contributed by atoms with van der Waals surface area (Å²) in [6.45, 7) is 0. The average molecular weight is 317 g/mol. The summed E-state index contributed by atoms with van der Waals surface area (Å²) < 4.78 is 5.27. The molecule has 3 rings (SSSR count). The standard InChI is InChI=1S/C20H16NOP/c1-22-20-13-12-19(14-16(20)15-21)23(17-8-4-2-5-9-17)18-10-6-3-7-11-18/h2-14H,1H3. The van der Waals surface area contributed by atoms with Crippen LogP contribution >= 0.6 is 7.92 Å². The van der Waals surface area contributed by atoms with Crippen LogP contribution in [0.4, 0.5) is 0 Å². The first-order chi connectivity index (χ1) is 11.3. The predicted octanol–water partition coefficient (Wildman–Crippen LogP) is 3.33. The number of rotatable bonds is 4. The highest BCUT2D eigenvalue weighted by Crippen LogP contribution is 2.34. The molecule has 0 saturated carbocycles. The zero-order valence-electron chi connectivity index (χ0n) is 12.8. The van der Waals surface area contributed by atoms with E-state index >= 15 is 0 Å². The van der Waals surface area contributed by atoms with E-state index in [1.165, 1.54) is 10.6 Å². The van der Waals surface area contributed by atoms with Gasteiger partial charge in [-0.2, -0.15) is 5.26 Å². The molecule has 0 N–H and O–H groups in total. The molecule has 0 aliphatic heterocycles. The maximum Gasteiger partial charge on any atom is 0.136 e. The van der Waals surface area contributed by atoms with Gasteiger partial charge in [0, 0.05) is 0 Å². The van der Waals surface area contributed by atoms with Crippen LogP contribution in [0.25, 0.3) is 0 Å². The summed E-state index contributed by atoms with van der Waals surface area (Å²) in [7, 11) is 0.898. The van der Waals surface area contributed by atoms with Crippen molar-refractivity contribution in [3.05, 3.63) is 84.4 Å². The Bertz CT molecular complexity index is 786. The maximum absolute atomic E-state index is 9.37. The van der Waals surface area contributed by atoms with Gasteiger partial charge < -0.3 is 4.74 Å². The fourth-order valence-corrected chi connectivity index (χ4v) is 4.84. The molecule has 0 radical (unpaired) electrons. The first-order valence-electron chi connectivity index (χ1n) is 7.32. The van der Waals surface area contributed by atoms with E-state index in [-0.39, 0.29) is 0 Å². The number of nitrogens with zero attached hydrogens (tertiary/aromatic N) is 1. The topological polar surface area (TPSA) is 33.0 Å². The van der Waals surface area contributed by atoms with Crippen molar-refractivity contribution >= 4 is 23.8 Å². The summed E-state index contributed by atoms with van der Waals surface area (Å²) in [6.07, 6.45) is 0. The molecule has 0 bridgehead atoms. The molecule has 3 aromatic rings. The second-order valence-electron chi connectivity index (χ2n) is 5.00. The quantitative estimate of drug-likeness (QED) is 0.692. The highest BCUT2D eigenvalue weighted by Gasteiger charge is 2.17. The highest BCUT2D eigenvalue weighted by molar-refractivity contribution is 7.79. The average Bonchev–Trinajstić information content (AvgIpc) is 2.63. The molecular formula is C20H16NOP. The Hall–Kier alpha value is -2.62. The van der Waals surface area contributed by atoms with Crippen molar-refractivity contribution in [2.24, 2.45) is 0 Å². The van der Waals surface area contributed by atoms with Crippen molar-refractivity contribution in [3.8, 4) is 11.8 Å². The molecule has 2 nitrogen and oxygen atoms in total. The van der Waals surface area contributed by atoms with Crippen LogP contribution in [0.5, 0.6) is 5.75 Å². The first kappa shape index (κ1) is 15.3. The lowest BCUT2D eigenvalue weighted by molar-refractivity contribution is 0.413. The van der Waals surface area contributed by atoms with Crippen LogP contribution in [0.3, 0.4) is 0 Å². The van der Waals surface area contributed by atoms with Gasteiger partial charge in [-0.05, 0) is 36.0 Å². The molecule has 0 amide bonds. The van der Waals surface area contributed by atoms with E-state index in [0.717, 1.165) is 5.30 Å². The van der Waals surface area contributed by atoms with Crippen molar-refractivity contribution in [2.75, 3.05) is 7.11 Å². The summed E-state index contributed by atoms with van der Waals surface area (Å²) in [6, 6.07) is 29.0. The molecule has 23 heavy (non-hydrogen) atoms. The summed E-state index contributed by atoms with van der Waals surface area (Å²) in [5.41, 5.74) is 0.573. The smallest absolute Gasteiger partial charge is 0.136 e. The summed E-state index contributed by atoms with van der Waals surface area (Å²) in [5.74, 6) is 0.618. The predicted molar refractivity (Wildman–Crippen MR) is 96.4 cm³/mol. The summed E-state index contributed by atoms with van der Waals surface area (Å²) in [4.78, 5) is 0. The molecule has 0 aromatic heterocycles. The molecule has 0 atom stereocenters. The molecule has 0 unspecified atom stereocenters. The molecule has 112 valence electrons. The van der Waals surface area contributed by atoms with Crippen LogP contribution in [0.1, 0.15) is 5.56 Å². The minimum absolute atomic E-state index is 0.573. The summed E-state index contributed by atoms with van der Waals surface area (Å²) >= 11 is 0. The molecule has 3 heteroatoms. The minimum atomic E-state index is -0.692. The van der Waals surface area contributed by atoms with Gasteiger partial charge in [-0.25, -0.2) is 0 Å². The van der Waals surface area contributed by atoms with Crippen LogP contribution in [0.15, 0.2) is 78.9 Å². The minimum Gasteiger partial charge on any atom is -0.495 e. The second kappa shape index (κ2) is 7.09. The lowest BCUT2D eigenvalue weighted by Gasteiger charge is -2.20. The Morgan fingerprint density at radius 3 is 1.83 bits per heavy atom. The van der Waals surface area contributed by atoms with E-state index < -0.39 is 7.92 Å². The highest BCUT2D eigenvalue weighted by atomic mass is 31.1. The number of benzene rings is 3. The first-order valence-corrected chi connectivity index (χ1v) is 8.66. The van der Waals surface area contributed by atoms with Crippen molar-refractivity contribution in [1.29, 1.82) is 5.26 Å². The van der Waals surface area contributed by atoms with E-state index in [4.69, 9.17) is 4.74 Å². The van der Waals surface area contributed by atoms with Crippen LogP contribution in [-0.2, 0) is 0 Å². The molecule has 0 aliphatic carbocycles. The molecule has 0 fully saturated rings. The Kier molecular flexibility index (Phi) is 4.71. The monoisotopic (exact) mass is 317 g/mol. The fraction of sp³-hybridized carbons (Fsp3) is 0.0500. The van der Waals surface area contributed by atoms with Gasteiger partial charge in [-0.1, -0.05) is 66.7 Å². The zero-order valence-corrected chi connectivity index (χ0v) is 13.7. The molecule has 0 heterocycles. The lowest BCUT2D eigenvalue weighted by atomic mass is 10.2. The van der Waals surface area contributed by atoms with E-state index in [2.05, 4.69) is 60.7 Å². The molecule has 0 saturated heterocycles. The Labute approximate surface area is 137 Å². The third kappa shape index (κ3) is 3.26. The van der Waals surface area contributed by atoms with Crippen LogP contribution in [0, 0.1) is 11.3 Å². The van der Waals surface area contributed by atoms with Gasteiger partial charge in [-0.3, -0.25) is 0 Å². The largest absolute Gasteiger partial charge is 0.495 e. The molecular weight excluding hydrogens is 301 g/mol. The normalized spacial score (nSPS) is 10.3. The van der Waals surface area contributed by atoms with Crippen LogP contribution < -0.4 is 20.7 Å². The SMILES string of the molecule is COc1ccc(P(c2ccccc2)c2ccccc2)cc1C#N. The fourth-order valence-electron chi connectivity index (χ4n) is 2.52. The molecule has 3 aromatic carbocycles. The van der Waals surface area contributed by atoms with Crippen molar-refractivity contribution < 1.29 is 4.74 Å².